The van der Waals surface area contributed by atoms with Crippen LogP contribution in [-0.2, 0) is 5.41 Å². The van der Waals surface area contributed by atoms with Gasteiger partial charge in [0.25, 0.3) is 0 Å². The van der Waals surface area contributed by atoms with E-state index in [0.29, 0.717) is 0 Å². The van der Waals surface area contributed by atoms with Gasteiger partial charge in [0, 0.05) is 23.0 Å². The maximum atomic E-state index is 4.01. The van der Waals surface area contributed by atoms with E-state index in [-0.39, 0.29) is 5.41 Å². The molecule has 16 heavy (non-hydrogen) atoms. The Hall–Kier alpha value is -1.42. The van der Waals surface area contributed by atoms with Crippen LogP contribution in [0.2, 0.25) is 0 Å². The lowest BCUT2D eigenvalue weighted by Crippen LogP contribution is -2.26. The van der Waals surface area contributed by atoms with E-state index in [4.69, 9.17) is 0 Å². The molecule has 0 aliphatic heterocycles. The number of aromatic nitrogens is 2. The van der Waals surface area contributed by atoms with Crippen LogP contribution in [0.3, 0.4) is 0 Å². The monoisotopic (exact) mass is 233 g/mol. The molecule has 0 fully saturated rings. The quantitative estimate of drug-likeness (QED) is 0.882. The topological polar surface area (TPSA) is 37.8 Å². The van der Waals surface area contributed by atoms with Gasteiger partial charge >= 0.3 is 0 Å². The van der Waals surface area contributed by atoms with Gasteiger partial charge in [0.15, 0.2) is 0 Å². The zero-order valence-electron chi connectivity index (χ0n) is 9.47. The highest BCUT2D eigenvalue weighted by Gasteiger charge is 2.21. The molecule has 0 unspecified atom stereocenters. The van der Waals surface area contributed by atoms with E-state index in [0.717, 1.165) is 12.4 Å². The molecule has 0 radical (unpaired) electrons. The van der Waals surface area contributed by atoms with Crippen LogP contribution in [0.5, 0.6) is 0 Å². The second kappa shape index (κ2) is 4.61. The third-order valence-electron chi connectivity index (χ3n) is 2.47. The van der Waals surface area contributed by atoms with Crippen LogP contribution < -0.4 is 5.32 Å². The Kier molecular flexibility index (Phi) is 3.19. The molecule has 1 N–H and O–H groups in total. The molecule has 0 amide bonds. The first-order valence-electron chi connectivity index (χ1n) is 5.24. The lowest BCUT2D eigenvalue weighted by Gasteiger charge is -2.23. The van der Waals surface area contributed by atoms with Crippen molar-refractivity contribution in [2.45, 2.75) is 19.3 Å². The summed E-state index contributed by atoms with van der Waals surface area (Å²) in [6.07, 6.45) is 1.68. The lowest BCUT2D eigenvalue weighted by molar-refractivity contribution is 0.568. The molecule has 0 aromatic carbocycles. The summed E-state index contributed by atoms with van der Waals surface area (Å²) in [6.45, 7) is 5.30. The number of anilines is 1. The summed E-state index contributed by atoms with van der Waals surface area (Å²) in [5.41, 5.74) is 0.117. The number of rotatable bonds is 4. The Bertz CT molecular complexity index is 423. The molecule has 0 bridgehead atoms. The molecule has 84 valence electrons. The Balaban J connectivity index is 2.00. The van der Waals surface area contributed by atoms with Gasteiger partial charge in [-0.1, -0.05) is 19.9 Å². The van der Waals surface area contributed by atoms with Gasteiger partial charge in [0.05, 0.1) is 0 Å². The maximum absolute atomic E-state index is 4.01. The first kappa shape index (κ1) is 11.1. The molecule has 2 aromatic rings. The van der Waals surface area contributed by atoms with Crippen molar-refractivity contribution in [1.82, 2.24) is 10.2 Å². The summed E-state index contributed by atoms with van der Waals surface area (Å²) >= 11 is 1.79. The summed E-state index contributed by atoms with van der Waals surface area (Å²) in [6, 6.07) is 8.07. The predicted molar refractivity (Wildman–Crippen MR) is 67.9 cm³/mol. The van der Waals surface area contributed by atoms with Crippen LogP contribution in [-0.4, -0.2) is 16.7 Å². The van der Waals surface area contributed by atoms with E-state index in [2.05, 4.69) is 46.9 Å². The van der Waals surface area contributed by atoms with Crippen LogP contribution in [0.4, 0.5) is 5.82 Å². The van der Waals surface area contributed by atoms with Gasteiger partial charge in [-0.15, -0.1) is 16.4 Å². The Labute approximate surface area is 99.5 Å². The molecule has 0 saturated heterocycles. The van der Waals surface area contributed by atoms with Crippen LogP contribution in [0, 0.1) is 0 Å². The summed E-state index contributed by atoms with van der Waals surface area (Å²) in [5.74, 6) is 0.826. The second-order valence-corrected chi connectivity index (χ2v) is 5.27. The summed E-state index contributed by atoms with van der Waals surface area (Å²) in [7, 11) is 0. The minimum absolute atomic E-state index is 0.117. The first-order chi connectivity index (χ1) is 7.68. The predicted octanol–water partition coefficient (Wildman–Crippen LogP) is 2.93. The van der Waals surface area contributed by atoms with E-state index in [1.54, 1.807) is 17.5 Å². The highest BCUT2D eigenvalue weighted by molar-refractivity contribution is 7.10. The van der Waals surface area contributed by atoms with Gasteiger partial charge in [-0.05, 0) is 23.6 Å². The van der Waals surface area contributed by atoms with E-state index >= 15 is 0 Å². The molecule has 0 atom stereocenters. The summed E-state index contributed by atoms with van der Waals surface area (Å²) in [5, 5.41) is 13.3. The van der Waals surface area contributed by atoms with Gasteiger partial charge < -0.3 is 5.32 Å². The standard InChI is InChI=1S/C12H15N3S/c1-12(2,10-5-4-8-16-10)9-13-11-6-3-7-14-15-11/h3-8H,9H2,1-2H3,(H,13,15). The Morgan fingerprint density at radius 3 is 2.81 bits per heavy atom. The number of thiophene rings is 1. The highest BCUT2D eigenvalue weighted by atomic mass is 32.1. The fourth-order valence-electron chi connectivity index (χ4n) is 1.46. The Morgan fingerprint density at radius 2 is 2.19 bits per heavy atom. The number of hydrogen-bond acceptors (Lipinski definition) is 4. The van der Waals surface area contributed by atoms with Crippen molar-refractivity contribution in [3.8, 4) is 0 Å². The number of nitrogens with one attached hydrogen (secondary N) is 1. The summed E-state index contributed by atoms with van der Waals surface area (Å²) in [4.78, 5) is 1.38. The smallest absolute Gasteiger partial charge is 0.148 e. The van der Waals surface area contributed by atoms with Gasteiger partial charge in [-0.25, -0.2) is 0 Å². The molecule has 4 heteroatoms. The fourth-order valence-corrected chi connectivity index (χ4v) is 2.31. The zero-order chi connectivity index (χ0) is 11.4. The fraction of sp³-hybridized carbons (Fsp3) is 0.333. The van der Waals surface area contributed by atoms with Crippen molar-refractivity contribution < 1.29 is 0 Å². The third kappa shape index (κ3) is 2.58. The molecule has 2 rings (SSSR count). The molecular formula is C12H15N3S. The Morgan fingerprint density at radius 1 is 1.31 bits per heavy atom. The van der Waals surface area contributed by atoms with Gasteiger partial charge in [-0.3, -0.25) is 0 Å². The van der Waals surface area contributed by atoms with E-state index in [1.807, 2.05) is 12.1 Å². The van der Waals surface area contributed by atoms with Crippen molar-refractivity contribution in [3.63, 3.8) is 0 Å². The van der Waals surface area contributed by atoms with Gasteiger partial charge in [-0.2, -0.15) is 5.10 Å². The van der Waals surface area contributed by atoms with Crippen molar-refractivity contribution in [1.29, 1.82) is 0 Å². The lowest BCUT2D eigenvalue weighted by atomic mass is 9.91. The normalized spacial score (nSPS) is 11.4. The van der Waals surface area contributed by atoms with Crippen molar-refractivity contribution in [2.75, 3.05) is 11.9 Å². The second-order valence-electron chi connectivity index (χ2n) is 4.32. The molecule has 3 nitrogen and oxygen atoms in total. The van der Waals surface area contributed by atoms with Crippen molar-refractivity contribution >= 4 is 17.2 Å². The van der Waals surface area contributed by atoms with E-state index < -0.39 is 0 Å². The summed E-state index contributed by atoms with van der Waals surface area (Å²) < 4.78 is 0. The molecular weight excluding hydrogens is 218 g/mol. The zero-order valence-corrected chi connectivity index (χ0v) is 10.3. The third-order valence-corrected chi connectivity index (χ3v) is 3.71. The van der Waals surface area contributed by atoms with Crippen LogP contribution >= 0.6 is 11.3 Å². The molecule has 0 aliphatic rings. The van der Waals surface area contributed by atoms with E-state index in [1.165, 1.54) is 4.88 Å². The minimum Gasteiger partial charge on any atom is -0.368 e. The minimum atomic E-state index is 0.117. The van der Waals surface area contributed by atoms with Gasteiger partial charge in [0.2, 0.25) is 0 Å². The molecule has 0 aliphatic carbocycles. The largest absolute Gasteiger partial charge is 0.368 e. The SMILES string of the molecule is CC(C)(CNc1cccnn1)c1cccs1. The van der Waals surface area contributed by atoms with Crippen LogP contribution in [0.1, 0.15) is 18.7 Å². The number of hydrogen-bond donors (Lipinski definition) is 1. The molecule has 2 heterocycles. The van der Waals surface area contributed by atoms with Gasteiger partial charge in [0.1, 0.15) is 5.82 Å². The highest BCUT2D eigenvalue weighted by Crippen LogP contribution is 2.27. The van der Waals surface area contributed by atoms with Crippen molar-refractivity contribution in [2.24, 2.45) is 0 Å². The average Bonchev–Trinajstić information content (AvgIpc) is 2.82. The number of nitrogens with zero attached hydrogens (tertiary/aromatic N) is 2. The van der Waals surface area contributed by atoms with Crippen LogP contribution in [0.25, 0.3) is 0 Å². The molecule has 0 saturated carbocycles. The van der Waals surface area contributed by atoms with Crippen molar-refractivity contribution in [3.05, 3.63) is 40.7 Å². The average molecular weight is 233 g/mol. The van der Waals surface area contributed by atoms with E-state index in [9.17, 15) is 0 Å². The molecule has 2 aromatic heterocycles. The maximum Gasteiger partial charge on any atom is 0.148 e. The molecule has 0 spiro atoms. The van der Waals surface area contributed by atoms with Crippen LogP contribution in [0.15, 0.2) is 35.8 Å². The first-order valence-corrected chi connectivity index (χ1v) is 6.12.